The van der Waals surface area contributed by atoms with Gasteiger partial charge in [0.25, 0.3) is 0 Å². The molecule has 0 heterocycles. The molecule has 0 unspecified atom stereocenters. The highest BCUT2D eigenvalue weighted by molar-refractivity contribution is 5.87. The van der Waals surface area contributed by atoms with E-state index < -0.39 is 5.97 Å². The van der Waals surface area contributed by atoms with E-state index in [1.165, 1.54) is 12.1 Å². The zero-order valence-electron chi connectivity index (χ0n) is 6.97. The smallest absolute Gasteiger partial charge is 0.335 e. The Morgan fingerprint density at radius 2 is 1.92 bits per heavy atom. The molecule has 0 saturated heterocycles. The molecule has 0 bridgehead atoms. The lowest BCUT2D eigenvalue weighted by Crippen LogP contribution is -1.94. The minimum absolute atomic E-state index is 0.0132. The number of aromatic carboxylic acids is 1. The van der Waals surface area contributed by atoms with E-state index in [2.05, 4.69) is 0 Å². The molecule has 0 aliphatic carbocycles. The molecule has 1 rings (SSSR count). The first-order valence-electron chi connectivity index (χ1n) is 3.85. The Balaban J connectivity index is 2.81. The van der Waals surface area contributed by atoms with Crippen molar-refractivity contribution in [2.75, 3.05) is 6.61 Å². The van der Waals surface area contributed by atoms with Crippen LogP contribution in [0.3, 0.4) is 0 Å². The van der Waals surface area contributed by atoms with E-state index in [0.29, 0.717) is 0 Å². The molecule has 0 saturated carbocycles. The van der Waals surface area contributed by atoms with Crippen molar-refractivity contribution in [1.82, 2.24) is 0 Å². The molecule has 1 aromatic rings. The molecule has 0 aliphatic heterocycles. The van der Waals surface area contributed by atoms with Crippen LogP contribution in [-0.4, -0.2) is 22.8 Å². The van der Waals surface area contributed by atoms with E-state index in [-0.39, 0.29) is 12.2 Å². The summed E-state index contributed by atoms with van der Waals surface area (Å²) >= 11 is 0. The van der Waals surface area contributed by atoms with E-state index >= 15 is 0 Å². The molecule has 3 heteroatoms. The van der Waals surface area contributed by atoms with Crippen molar-refractivity contribution in [3.63, 3.8) is 0 Å². The maximum atomic E-state index is 10.5. The Labute approximate surface area is 76.0 Å². The fourth-order valence-corrected chi connectivity index (χ4v) is 0.926. The number of aliphatic hydroxyl groups is 1. The van der Waals surface area contributed by atoms with Crippen molar-refractivity contribution in [3.05, 3.63) is 41.5 Å². The van der Waals surface area contributed by atoms with Crippen molar-refractivity contribution in [1.29, 1.82) is 0 Å². The van der Waals surface area contributed by atoms with Gasteiger partial charge in [0.2, 0.25) is 0 Å². The molecular weight excluding hydrogens is 168 g/mol. The summed E-state index contributed by atoms with van der Waals surface area (Å²) < 4.78 is 0. The average Bonchev–Trinajstić information content (AvgIpc) is 2.15. The molecule has 0 atom stereocenters. The van der Waals surface area contributed by atoms with E-state index in [9.17, 15) is 4.79 Å². The zero-order chi connectivity index (χ0) is 9.68. The van der Waals surface area contributed by atoms with Gasteiger partial charge in [0.05, 0.1) is 12.2 Å². The Kier molecular flexibility index (Phi) is 3.23. The van der Waals surface area contributed by atoms with Crippen LogP contribution >= 0.6 is 0 Å². The van der Waals surface area contributed by atoms with Crippen molar-refractivity contribution < 1.29 is 15.0 Å². The van der Waals surface area contributed by atoms with Gasteiger partial charge in [0.1, 0.15) is 0 Å². The Bertz CT molecular complexity index is 311. The van der Waals surface area contributed by atoms with Gasteiger partial charge in [0, 0.05) is 0 Å². The van der Waals surface area contributed by atoms with E-state index in [0.717, 1.165) is 5.56 Å². The number of carboxylic acid groups (broad SMARTS) is 1. The van der Waals surface area contributed by atoms with Crippen LogP contribution in [0.4, 0.5) is 0 Å². The normalized spacial score (nSPS) is 10.5. The standard InChI is InChI=1S/C10H10O3/c11-7-1-2-8-3-5-9(6-4-8)10(12)13/h1-6,11H,7H2,(H,12,13)/b2-1+. The number of carboxylic acids is 1. The van der Waals surface area contributed by atoms with Crippen LogP contribution in [0.25, 0.3) is 6.08 Å². The van der Waals surface area contributed by atoms with Gasteiger partial charge in [-0.05, 0) is 17.7 Å². The van der Waals surface area contributed by atoms with Crippen LogP contribution in [0.15, 0.2) is 30.3 Å². The lowest BCUT2D eigenvalue weighted by molar-refractivity contribution is 0.0697. The van der Waals surface area contributed by atoms with Gasteiger partial charge in [-0.3, -0.25) is 0 Å². The van der Waals surface area contributed by atoms with E-state index in [1.54, 1.807) is 24.3 Å². The van der Waals surface area contributed by atoms with Gasteiger partial charge in [-0.25, -0.2) is 4.79 Å². The van der Waals surface area contributed by atoms with Crippen LogP contribution in [0.5, 0.6) is 0 Å². The molecule has 0 radical (unpaired) electrons. The summed E-state index contributed by atoms with van der Waals surface area (Å²) in [7, 11) is 0. The first kappa shape index (κ1) is 9.48. The monoisotopic (exact) mass is 178 g/mol. The third-order valence-electron chi connectivity index (χ3n) is 1.57. The number of rotatable bonds is 3. The lowest BCUT2D eigenvalue weighted by atomic mass is 10.1. The fourth-order valence-electron chi connectivity index (χ4n) is 0.926. The number of hydrogen-bond donors (Lipinski definition) is 2. The lowest BCUT2D eigenvalue weighted by Gasteiger charge is -1.94. The average molecular weight is 178 g/mol. The number of carbonyl (C=O) groups is 1. The highest BCUT2D eigenvalue weighted by Crippen LogP contribution is 2.05. The highest BCUT2D eigenvalue weighted by atomic mass is 16.4. The summed E-state index contributed by atoms with van der Waals surface area (Å²) in [6.45, 7) is -0.0132. The summed E-state index contributed by atoms with van der Waals surface area (Å²) in [6, 6.07) is 6.43. The molecule has 2 N–H and O–H groups in total. The van der Waals surface area contributed by atoms with Gasteiger partial charge in [-0.2, -0.15) is 0 Å². The molecule has 0 aliphatic rings. The SMILES string of the molecule is O=C(O)c1ccc(/C=C/CO)cc1. The molecule has 68 valence electrons. The molecule has 0 aromatic heterocycles. The summed E-state index contributed by atoms with van der Waals surface area (Å²) in [5.74, 6) is -0.933. The van der Waals surface area contributed by atoms with Gasteiger partial charge in [-0.15, -0.1) is 0 Å². The second kappa shape index (κ2) is 4.42. The van der Waals surface area contributed by atoms with Crippen LogP contribution in [0, 0.1) is 0 Å². The number of aliphatic hydroxyl groups excluding tert-OH is 1. The maximum Gasteiger partial charge on any atom is 0.335 e. The second-order valence-electron chi connectivity index (χ2n) is 2.51. The number of benzene rings is 1. The zero-order valence-corrected chi connectivity index (χ0v) is 6.97. The topological polar surface area (TPSA) is 57.5 Å². The Hall–Kier alpha value is -1.61. The van der Waals surface area contributed by atoms with Gasteiger partial charge in [-0.1, -0.05) is 24.3 Å². The van der Waals surface area contributed by atoms with Crippen LogP contribution in [0.2, 0.25) is 0 Å². The Morgan fingerprint density at radius 1 is 1.31 bits per heavy atom. The van der Waals surface area contributed by atoms with Gasteiger partial charge < -0.3 is 10.2 Å². The largest absolute Gasteiger partial charge is 0.478 e. The third kappa shape index (κ3) is 2.72. The van der Waals surface area contributed by atoms with Crippen molar-refractivity contribution >= 4 is 12.0 Å². The quantitative estimate of drug-likeness (QED) is 0.735. The second-order valence-corrected chi connectivity index (χ2v) is 2.51. The molecule has 0 amide bonds. The van der Waals surface area contributed by atoms with E-state index in [4.69, 9.17) is 10.2 Å². The van der Waals surface area contributed by atoms with Crippen molar-refractivity contribution in [2.45, 2.75) is 0 Å². The Morgan fingerprint density at radius 3 is 2.38 bits per heavy atom. The summed E-state index contributed by atoms with van der Waals surface area (Å²) in [5.41, 5.74) is 1.14. The molecule has 0 spiro atoms. The predicted molar refractivity (Wildman–Crippen MR) is 49.5 cm³/mol. The third-order valence-corrected chi connectivity index (χ3v) is 1.57. The van der Waals surface area contributed by atoms with Gasteiger partial charge in [0.15, 0.2) is 0 Å². The molecule has 13 heavy (non-hydrogen) atoms. The number of hydrogen-bond acceptors (Lipinski definition) is 2. The molecular formula is C10H10O3. The first-order chi connectivity index (χ1) is 6.24. The van der Waals surface area contributed by atoms with Crippen molar-refractivity contribution in [3.8, 4) is 0 Å². The minimum atomic E-state index is -0.933. The van der Waals surface area contributed by atoms with Crippen molar-refractivity contribution in [2.24, 2.45) is 0 Å². The van der Waals surface area contributed by atoms with Crippen LogP contribution < -0.4 is 0 Å². The maximum absolute atomic E-state index is 10.5. The van der Waals surface area contributed by atoms with Crippen LogP contribution in [0.1, 0.15) is 15.9 Å². The summed E-state index contributed by atoms with van der Waals surface area (Å²) in [6.07, 6.45) is 3.32. The van der Waals surface area contributed by atoms with Gasteiger partial charge >= 0.3 is 5.97 Å². The summed E-state index contributed by atoms with van der Waals surface area (Å²) in [4.78, 5) is 10.5. The predicted octanol–water partition coefficient (Wildman–Crippen LogP) is 1.39. The van der Waals surface area contributed by atoms with E-state index in [1.807, 2.05) is 0 Å². The van der Waals surface area contributed by atoms with Crippen LogP contribution in [-0.2, 0) is 0 Å². The summed E-state index contributed by atoms with van der Waals surface area (Å²) in [5, 5.41) is 17.1. The molecule has 3 nitrogen and oxygen atoms in total. The highest BCUT2D eigenvalue weighted by Gasteiger charge is 1.99. The first-order valence-corrected chi connectivity index (χ1v) is 3.85. The minimum Gasteiger partial charge on any atom is -0.478 e. The fraction of sp³-hybridized carbons (Fsp3) is 0.100. The molecule has 1 aromatic carbocycles. The molecule has 0 fully saturated rings.